The Balaban J connectivity index is 1.32. The average molecular weight is 475 g/mol. The van der Waals surface area contributed by atoms with E-state index < -0.39 is 6.04 Å². The summed E-state index contributed by atoms with van der Waals surface area (Å²) in [6, 6.07) is 16.5. The van der Waals surface area contributed by atoms with Gasteiger partial charge in [0.25, 0.3) is 5.91 Å². The number of nitrogens with zero attached hydrogens (tertiary/aromatic N) is 2. The van der Waals surface area contributed by atoms with Gasteiger partial charge in [0.05, 0.1) is 6.04 Å². The van der Waals surface area contributed by atoms with E-state index in [-0.39, 0.29) is 29.8 Å². The van der Waals surface area contributed by atoms with E-state index in [1.165, 1.54) is 0 Å². The van der Waals surface area contributed by atoms with Crippen LogP contribution in [0.25, 0.3) is 0 Å². The lowest BCUT2D eigenvalue weighted by Gasteiger charge is -2.33. The zero-order valence-electron chi connectivity index (χ0n) is 20.1. The van der Waals surface area contributed by atoms with Crippen molar-refractivity contribution in [3.63, 3.8) is 0 Å². The lowest BCUT2D eigenvalue weighted by Crippen LogP contribution is -2.47. The van der Waals surface area contributed by atoms with Gasteiger partial charge in [-0.25, -0.2) is 0 Å². The fourth-order valence-electron chi connectivity index (χ4n) is 6.26. The van der Waals surface area contributed by atoms with Crippen LogP contribution >= 0.6 is 0 Å². The molecule has 0 aromatic heterocycles. The Morgan fingerprint density at radius 3 is 2.51 bits per heavy atom. The molecule has 2 aromatic rings. The highest BCUT2D eigenvalue weighted by Gasteiger charge is 2.47. The van der Waals surface area contributed by atoms with Crippen LogP contribution in [0.3, 0.4) is 0 Å². The average Bonchev–Trinajstić information content (AvgIpc) is 3.49. The SMILES string of the molecule is NC(=O)C1CCCN1Cc1cccc(NC(=O)C2CC3CCCCC3N2C(=O)c2ccccc2)c1. The van der Waals surface area contributed by atoms with Gasteiger partial charge in [-0.05, 0) is 74.4 Å². The molecule has 2 heterocycles. The largest absolute Gasteiger partial charge is 0.368 e. The fraction of sp³-hybridized carbons (Fsp3) is 0.464. The number of hydrogen-bond acceptors (Lipinski definition) is 4. The topological polar surface area (TPSA) is 95.7 Å². The van der Waals surface area contributed by atoms with Crippen LogP contribution in [0.15, 0.2) is 54.6 Å². The van der Waals surface area contributed by atoms with E-state index >= 15 is 0 Å². The number of nitrogens with one attached hydrogen (secondary N) is 1. The van der Waals surface area contributed by atoms with Gasteiger partial charge in [0.2, 0.25) is 11.8 Å². The minimum atomic E-state index is -0.475. The number of hydrogen-bond donors (Lipinski definition) is 2. The van der Waals surface area contributed by atoms with Crippen molar-refractivity contribution in [1.29, 1.82) is 0 Å². The molecule has 2 saturated heterocycles. The summed E-state index contributed by atoms with van der Waals surface area (Å²) in [6.45, 7) is 1.45. The van der Waals surface area contributed by atoms with Crippen molar-refractivity contribution in [2.24, 2.45) is 11.7 Å². The van der Waals surface area contributed by atoms with E-state index in [4.69, 9.17) is 5.73 Å². The third-order valence-electron chi connectivity index (χ3n) is 7.92. The molecular formula is C28H34N4O3. The number of likely N-dealkylation sites (tertiary alicyclic amines) is 2. The first-order chi connectivity index (χ1) is 17.0. The highest BCUT2D eigenvalue weighted by molar-refractivity contribution is 6.02. The normalized spacial score (nSPS) is 26.3. The summed E-state index contributed by atoms with van der Waals surface area (Å²) in [5.41, 5.74) is 7.93. The lowest BCUT2D eigenvalue weighted by molar-refractivity contribution is -0.122. The van der Waals surface area contributed by atoms with Crippen LogP contribution in [0, 0.1) is 5.92 Å². The Morgan fingerprint density at radius 2 is 1.71 bits per heavy atom. The zero-order chi connectivity index (χ0) is 24.4. The highest BCUT2D eigenvalue weighted by Crippen LogP contribution is 2.41. The summed E-state index contributed by atoms with van der Waals surface area (Å²) in [6.07, 6.45) is 6.74. The summed E-state index contributed by atoms with van der Waals surface area (Å²) in [7, 11) is 0. The van der Waals surface area contributed by atoms with Gasteiger partial charge in [-0.15, -0.1) is 0 Å². The van der Waals surface area contributed by atoms with E-state index in [1.54, 1.807) is 0 Å². The van der Waals surface area contributed by atoms with E-state index in [0.717, 1.165) is 50.6 Å². The van der Waals surface area contributed by atoms with Gasteiger partial charge in [-0.1, -0.05) is 43.2 Å². The quantitative estimate of drug-likeness (QED) is 0.669. The number of anilines is 1. The third kappa shape index (κ3) is 4.96. The van der Waals surface area contributed by atoms with Crippen LogP contribution in [0.1, 0.15) is 60.9 Å². The van der Waals surface area contributed by atoms with Gasteiger partial charge in [0.15, 0.2) is 0 Å². The Morgan fingerprint density at radius 1 is 0.914 bits per heavy atom. The molecule has 3 N–H and O–H groups in total. The highest BCUT2D eigenvalue weighted by atomic mass is 16.2. The minimum Gasteiger partial charge on any atom is -0.368 e. The monoisotopic (exact) mass is 474 g/mol. The van der Waals surface area contributed by atoms with Gasteiger partial charge in [0.1, 0.15) is 6.04 Å². The first kappa shape index (κ1) is 23.5. The molecule has 2 aromatic carbocycles. The molecule has 7 nitrogen and oxygen atoms in total. The van der Waals surface area contributed by atoms with Crippen molar-refractivity contribution in [3.05, 3.63) is 65.7 Å². The minimum absolute atomic E-state index is 0.0552. The van der Waals surface area contributed by atoms with Gasteiger partial charge < -0.3 is 16.0 Å². The number of primary amides is 1. The summed E-state index contributed by atoms with van der Waals surface area (Å²) < 4.78 is 0. The molecule has 1 saturated carbocycles. The van der Waals surface area contributed by atoms with Gasteiger partial charge in [0, 0.05) is 23.8 Å². The van der Waals surface area contributed by atoms with Crippen LogP contribution in [0.5, 0.6) is 0 Å². The molecule has 4 unspecified atom stereocenters. The maximum atomic E-state index is 13.5. The predicted molar refractivity (Wildman–Crippen MR) is 134 cm³/mol. The molecule has 4 atom stereocenters. The summed E-state index contributed by atoms with van der Waals surface area (Å²) in [5.74, 6) is -0.0883. The van der Waals surface area contributed by atoms with Crippen LogP contribution in [0.2, 0.25) is 0 Å². The summed E-state index contributed by atoms with van der Waals surface area (Å²) in [5, 5.41) is 3.09. The van der Waals surface area contributed by atoms with Crippen molar-refractivity contribution in [2.45, 2.75) is 69.6 Å². The van der Waals surface area contributed by atoms with Gasteiger partial charge in [-0.3, -0.25) is 19.3 Å². The van der Waals surface area contributed by atoms with E-state index in [2.05, 4.69) is 10.2 Å². The van der Waals surface area contributed by atoms with Crippen molar-refractivity contribution in [1.82, 2.24) is 9.80 Å². The number of benzene rings is 2. The van der Waals surface area contributed by atoms with E-state index in [9.17, 15) is 14.4 Å². The molecule has 7 heteroatoms. The molecule has 184 valence electrons. The first-order valence-corrected chi connectivity index (χ1v) is 12.8. The third-order valence-corrected chi connectivity index (χ3v) is 7.92. The van der Waals surface area contributed by atoms with Crippen molar-refractivity contribution >= 4 is 23.4 Å². The Hall–Kier alpha value is -3.19. The van der Waals surface area contributed by atoms with Crippen LogP contribution in [-0.2, 0) is 16.1 Å². The van der Waals surface area contributed by atoms with Gasteiger partial charge in [-0.2, -0.15) is 0 Å². The Bertz CT molecular complexity index is 1090. The number of nitrogens with two attached hydrogens (primary N) is 1. The molecule has 3 fully saturated rings. The standard InChI is InChI=1S/C28H34N4O3/c29-26(33)24-14-7-15-31(24)18-19-8-6-12-22(16-19)30-27(34)25-17-21-11-4-5-13-23(21)32(25)28(35)20-9-2-1-3-10-20/h1-3,6,8-10,12,16,21,23-25H,4-5,7,11,13-15,17-18H2,(H2,29,33)(H,30,34). The van der Waals surface area contributed by atoms with Crippen molar-refractivity contribution in [3.8, 4) is 0 Å². The first-order valence-electron chi connectivity index (χ1n) is 12.8. The molecule has 0 bridgehead atoms. The summed E-state index contributed by atoms with van der Waals surface area (Å²) >= 11 is 0. The summed E-state index contributed by atoms with van der Waals surface area (Å²) in [4.78, 5) is 42.7. The fourth-order valence-corrected chi connectivity index (χ4v) is 6.26. The van der Waals surface area contributed by atoms with E-state index in [1.807, 2.05) is 59.5 Å². The molecule has 2 aliphatic heterocycles. The van der Waals surface area contributed by atoms with E-state index in [0.29, 0.717) is 30.1 Å². The maximum absolute atomic E-state index is 13.5. The van der Waals surface area contributed by atoms with Crippen LogP contribution in [-0.4, -0.2) is 52.2 Å². The maximum Gasteiger partial charge on any atom is 0.254 e. The molecule has 3 amide bonds. The molecule has 0 spiro atoms. The zero-order valence-corrected chi connectivity index (χ0v) is 20.1. The number of amides is 3. The molecule has 1 aliphatic carbocycles. The van der Waals surface area contributed by atoms with Crippen LogP contribution in [0.4, 0.5) is 5.69 Å². The van der Waals surface area contributed by atoms with Crippen LogP contribution < -0.4 is 11.1 Å². The molecule has 0 radical (unpaired) electrons. The smallest absolute Gasteiger partial charge is 0.254 e. The molecular weight excluding hydrogens is 440 g/mol. The van der Waals surface area contributed by atoms with Crippen molar-refractivity contribution < 1.29 is 14.4 Å². The Kier molecular flexibility index (Phi) is 6.86. The van der Waals surface area contributed by atoms with Gasteiger partial charge >= 0.3 is 0 Å². The number of carbonyl (C=O) groups excluding carboxylic acids is 3. The number of rotatable bonds is 6. The number of fused-ring (bicyclic) bond motifs is 1. The molecule has 3 aliphatic rings. The predicted octanol–water partition coefficient (Wildman–Crippen LogP) is 3.55. The van der Waals surface area contributed by atoms with Crippen molar-refractivity contribution in [2.75, 3.05) is 11.9 Å². The second-order valence-corrected chi connectivity index (χ2v) is 10.2. The second kappa shape index (κ2) is 10.2. The lowest BCUT2D eigenvalue weighted by atomic mass is 9.84. The molecule has 5 rings (SSSR count). The second-order valence-electron chi connectivity index (χ2n) is 10.2. The molecule has 35 heavy (non-hydrogen) atoms. The Labute approximate surface area is 206 Å². The number of carbonyl (C=O) groups is 3.